The summed E-state index contributed by atoms with van der Waals surface area (Å²) >= 11 is 0. The average molecular weight is 587 g/mol. The van der Waals surface area contributed by atoms with Crippen LogP contribution in [0.1, 0.15) is 31.2 Å². The fraction of sp³-hybridized carbons (Fsp3) is 0.433. The number of nitrogens with one attached hydrogen (secondary N) is 2. The van der Waals surface area contributed by atoms with Crippen LogP contribution < -0.4 is 16.4 Å². The molecule has 0 unspecified atom stereocenters. The van der Waals surface area contributed by atoms with E-state index in [0.717, 1.165) is 5.57 Å². The summed E-state index contributed by atoms with van der Waals surface area (Å²) in [6.45, 7) is 2.06. The Balaban J connectivity index is 1.33. The lowest BCUT2D eigenvalue weighted by molar-refractivity contribution is -0.121. The van der Waals surface area contributed by atoms with Gasteiger partial charge < -0.3 is 21.1 Å². The molecule has 2 heterocycles. The smallest absolute Gasteiger partial charge is 0.243 e. The molecule has 2 fully saturated rings. The van der Waals surface area contributed by atoms with E-state index in [0.29, 0.717) is 64.2 Å². The van der Waals surface area contributed by atoms with Gasteiger partial charge in [0, 0.05) is 55.6 Å². The molecule has 41 heavy (non-hydrogen) atoms. The summed E-state index contributed by atoms with van der Waals surface area (Å²) in [6, 6.07) is 11.3. The van der Waals surface area contributed by atoms with Crippen LogP contribution in [0.2, 0.25) is 0 Å². The molecule has 1 aliphatic carbocycles. The maximum atomic E-state index is 15.2. The molecule has 4 N–H and O–H groups in total. The number of sulfonamides is 1. The van der Waals surface area contributed by atoms with E-state index in [9.17, 15) is 17.6 Å². The molecule has 2 aromatic carbocycles. The van der Waals surface area contributed by atoms with Crippen LogP contribution in [0, 0.1) is 11.2 Å². The number of piperazine rings is 1. The molecule has 2 atom stereocenters. The van der Waals surface area contributed by atoms with E-state index in [1.807, 2.05) is 0 Å². The molecule has 0 radical (unpaired) electrons. The van der Waals surface area contributed by atoms with Gasteiger partial charge in [-0.25, -0.2) is 17.2 Å². The minimum absolute atomic E-state index is 0.198. The summed E-state index contributed by atoms with van der Waals surface area (Å²) in [5, 5.41) is 6.07. The van der Waals surface area contributed by atoms with Crippen molar-refractivity contribution in [3.8, 4) is 0 Å². The highest BCUT2D eigenvalue weighted by Crippen LogP contribution is 2.45. The number of carbonyl (C=O) groups excluding carboxylic acids is 1. The summed E-state index contributed by atoms with van der Waals surface area (Å²) in [4.78, 5) is 13.7. The van der Waals surface area contributed by atoms with E-state index in [1.54, 1.807) is 36.4 Å². The van der Waals surface area contributed by atoms with Crippen LogP contribution in [0.3, 0.4) is 0 Å². The van der Waals surface area contributed by atoms with Crippen LogP contribution in [-0.4, -0.2) is 63.6 Å². The summed E-state index contributed by atoms with van der Waals surface area (Å²) in [7, 11) is -3.73. The lowest BCUT2D eigenvalue weighted by Gasteiger charge is -2.42. The number of rotatable bonds is 9. The Morgan fingerprint density at radius 1 is 1.15 bits per heavy atom. The van der Waals surface area contributed by atoms with Crippen molar-refractivity contribution >= 4 is 21.6 Å². The quantitative estimate of drug-likeness (QED) is 0.413. The maximum Gasteiger partial charge on any atom is 0.243 e. The third-order valence-corrected chi connectivity index (χ3v) is 10.4. The number of carbonyl (C=O) groups is 1. The molecule has 8 nitrogen and oxygen atoms in total. The van der Waals surface area contributed by atoms with Crippen molar-refractivity contribution in [1.29, 1.82) is 0 Å². The first-order valence-corrected chi connectivity index (χ1v) is 15.4. The zero-order valence-corrected chi connectivity index (χ0v) is 23.6. The van der Waals surface area contributed by atoms with Crippen molar-refractivity contribution < 1.29 is 26.7 Å². The first-order chi connectivity index (χ1) is 19.7. The number of anilines is 1. The molecule has 3 aliphatic rings. The predicted molar refractivity (Wildman–Crippen MR) is 153 cm³/mol. The Hall–Kier alpha value is -2.96. The topological polar surface area (TPSA) is 114 Å². The molecule has 2 aromatic rings. The number of ether oxygens (including phenoxy) is 1. The third-order valence-electron chi connectivity index (χ3n) is 8.48. The summed E-state index contributed by atoms with van der Waals surface area (Å²) < 4.78 is 62.9. The highest BCUT2D eigenvalue weighted by molar-refractivity contribution is 7.89. The van der Waals surface area contributed by atoms with E-state index >= 15 is 4.39 Å². The second-order valence-electron chi connectivity index (χ2n) is 10.8. The SMILES string of the molecule is N[C@H](C(=O)Nc1cccc(F)c1CC[C@H]1CNCCN1S(=O)(=O)c1ccccc1)C1(C2=CC(F)=CC2)CCOCC1. The lowest BCUT2D eigenvalue weighted by Crippen LogP contribution is -2.53. The second-order valence-corrected chi connectivity index (χ2v) is 12.7. The van der Waals surface area contributed by atoms with E-state index in [1.165, 1.54) is 28.6 Å². The Labute approximate surface area is 239 Å². The average Bonchev–Trinajstić information content (AvgIpc) is 3.44. The van der Waals surface area contributed by atoms with Gasteiger partial charge in [-0.2, -0.15) is 4.31 Å². The number of nitrogens with two attached hydrogens (primary N) is 1. The third kappa shape index (κ3) is 6.14. The van der Waals surface area contributed by atoms with Gasteiger partial charge >= 0.3 is 0 Å². The summed E-state index contributed by atoms with van der Waals surface area (Å²) in [6.07, 6.45) is 4.81. The van der Waals surface area contributed by atoms with Crippen LogP contribution >= 0.6 is 0 Å². The van der Waals surface area contributed by atoms with Gasteiger partial charge in [-0.15, -0.1) is 0 Å². The molecule has 5 rings (SSSR count). The van der Waals surface area contributed by atoms with Gasteiger partial charge in [-0.1, -0.05) is 29.8 Å². The predicted octanol–water partition coefficient (Wildman–Crippen LogP) is 3.67. The Morgan fingerprint density at radius 2 is 1.90 bits per heavy atom. The van der Waals surface area contributed by atoms with Crippen molar-refractivity contribution in [3.63, 3.8) is 0 Å². The van der Waals surface area contributed by atoms with E-state index in [-0.39, 0.29) is 22.7 Å². The van der Waals surface area contributed by atoms with Crippen molar-refractivity contribution in [2.75, 3.05) is 38.2 Å². The lowest BCUT2D eigenvalue weighted by atomic mass is 9.67. The van der Waals surface area contributed by atoms with Gasteiger partial charge in [-0.05, 0) is 68.5 Å². The molecule has 2 aliphatic heterocycles. The molecule has 0 aromatic heterocycles. The van der Waals surface area contributed by atoms with E-state index < -0.39 is 39.2 Å². The molecule has 1 amide bonds. The maximum absolute atomic E-state index is 15.2. The fourth-order valence-electron chi connectivity index (χ4n) is 6.14. The molecule has 0 saturated carbocycles. The van der Waals surface area contributed by atoms with E-state index in [4.69, 9.17) is 10.5 Å². The van der Waals surface area contributed by atoms with Gasteiger partial charge in [0.25, 0.3) is 0 Å². The summed E-state index contributed by atoms with van der Waals surface area (Å²) in [5.41, 5.74) is 7.15. The van der Waals surface area contributed by atoms with Crippen LogP contribution in [0.4, 0.5) is 14.5 Å². The molecular weight excluding hydrogens is 550 g/mol. The minimum atomic E-state index is -3.73. The Morgan fingerprint density at radius 3 is 2.61 bits per heavy atom. The number of halogens is 2. The van der Waals surface area contributed by atoms with Crippen LogP contribution in [-0.2, 0) is 26.0 Å². The van der Waals surface area contributed by atoms with Gasteiger partial charge in [-0.3, -0.25) is 4.79 Å². The van der Waals surface area contributed by atoms with Gasteiger partial charge in [0.2, 0.25) is 15.9 Å². The summed E-state index contributed by atoms with van der Waals surface area (Å²) in [5.74, 6) is -1.32. The normalized spacial score (nSPS) is 22.1. The number of hydrogen-bond acceptors (Lipinski definition) is 6. The first-order valence-electron chi connectivity index (χ1n) is 14.0. The highest BCUT2D eigenvalue weighted by Gasteiger charge is 2.45. The highest BCUT2D eigenvalue weighted by atomic mass is 32.2. The van der Waals surface area contributed by atoms with E-state index in [2.05, 4.69) is 10.6 Å². The molecule has 0 bridgehead atoms. The Bertz CT molecular complexity index is 1430. The van der Waals surface area contributed by atoms with Gasteiger partial charge in [0.05, 0.1) is 10.9 Å². The van der Waals surface area contributed by atoms with Gasteiger partial charge in [0.1, 0.15) is 11.6 Å². The number of benzene rings is 2. The number of nitrogens with zero attached hydrogens (tertiary/aromatic N) is 1. The van der Waals surface area contributed by atoms with Crippen LogP contribution in [0.15, 0.2) is 77.0 Å². The monoisotopic (exact) mass is 586 g/mol. The standard InChI is InChI=1S/C30H36F2N4O4S/c31-22-10-9-21(19-22)30(13-17-40-18-14-30)28(33)29(37)35-27-8-4-7-26(32)25(27)12-11-23-20-34-15-16-36(23)41(38,39)24-5-2-1-3-6-24/h1-8,10,19,23,28,34H,9,11-18,20,33H2,(H,35,37)/t23-,28+/m0/s1. The zero-order valence-electron chi connectivity index (χ0n) is 22.8. The van der Waals surface area contributed by atoms with Gasteiger partial charge in [0.15, 0.2) is 0 Å². The van der Waals surface area contributed by atoms with Crippen LogP contribution in [0.25, 0.3) is 0 Å². The Kier molecular flexibility index (Phi) is 9.00. The number of amides is 1. The largest absolute Gasteiger partial charge is 0.381 e. The molecule has 220 valence electrons. The van der Waals surface area contributed by atoms with Crippen molar-refractivity contribution in [1.82, 2.24) is 9.62 Å². The molecule has 2 saturated heterocycles. The van der Waals surface area contributed by atoms with Crippen LogP contribution in [0.5, 0.6) is 0 Å². The molecule has 11 heteroatoms. The fourth-order valence-corrected chi connectivity index (χ4v) is 7.82. The number of hydrogen-bond donors (Lipinski definition) is 3. The minimum Gasteiger partial charge on any atom is -0.381 e. The molecular formula is C30H36F2N4O4S. The van der Waals surface area contributed by atoms with Crippen molar-refractivity contribution in [3.05, 3.63) is 83.5 Å². The molecule has 0 spiro atoms. The first kappa shape index (κ1) is 29.5. The zero-order chi connectivity index (χ0) is 29.0. The van der Waals surface area contributed by atoms with Crippen molar-refractivity contribution in [2.45, 2.75) is 49.1 Å². The second kappa shape index (κ2) is 12.5. The van der Waals surface area contributed by atoms with Crippen molar-refractivity contribution in [2.24, 2.45) is 11.1 Å². The number of allylic oxidation sites excluding steroid dienone is 3.